The Morgan fingerprint density at radius 2 is 2.06 bits per heavy atom. The van der Waals surface area contributed by atoms with Gasteiger partial charge in [-0.25, -0.2) is 0 Å². The van der Waals surface area contributed by atoms with Gasteiger partial charge in [-0.1, -0.05) is 25.0 Å². The standard InChI is InChI=1S/C14H19NO/c1-9-10-5-2-3-6-11(10)12-7-4-8-13(16)14(12)15-9/h4,7-11,15-16H,2-3,5-6H2,1H3/t9-,10+,11+/m1/s1. The lowest BCUT2D eigenvalue weighted by Gasteiger charge is -2.42. The van der Waals surface area contributed by atoms with Crippen molar-refractivity contribution in [3.05, 3.63) is 23.8 Å². The summed E-state index contributed by atoms with van der Waals surface area (Å²) in [6.45, 7) is 2.25. The van der Waals surface area contributed by atoms with Crippen LogP contribution in [0.3, 0.4) is 0 Å². The van der Waals surface area contributed by atoms with Crippen LogP contribution >= 0.6 is 0 Å². The Labute approximate surface area is 96.7 Å². The predicted octanol–water partition coefficient (Wildman–Crippen LogP) is 3.48. The molecule has 1 aliphatic carbocycles. The summed E-state index contributed by atoms with van der Waals surface area (Å²) in [6, 6.07) is 6.42. The van der Waals surface area contributed by atoms with Crippen molar-refractivity contribution < 1.29 is 5.11 Å². The molecule has 0 spiro atoms. The molecule has 0 aromatic heterocycles. The number of fused-ring (bicyclic) bond motifs is 3. The van der Waals surface area contributed by atoms with Crippen LogP contribution in [0.25, 0.3) is 0 Å². The first-order valence-electron chi connectivity index (χ1n) is 6.36. The molecule has 1 fully saturated rings. The van der Waals surface area contributed by atoms with Crippen molar-refractivity contribution in [3.8, 4) is 5.75 Å². The number of benzene rings is 1. The molecule has 2 nitrogen and oxygen atoms in total. The Kier molecular flexibility index (Phi) is 2.31. The highest BCUT2D eigenvalue weighted by Crippen LogP contribution is 2.48. The molecule has 16 heavy (non-hydrogen) atoms. The lowest BCUT2D eigenvalue weighted by Crippen LogP contribution is -2.37. The Morgan fingerprint density at radius 1 is 1.25 bits per heavy atom. The highest BCUT2D eigenvalue weighted by Gasteiger charge is 2.36. The SMILES string of the molecule is C[C@H]1Nc2c(O)cccc2[C@H]2CCCC[C@H]21. The Hall–Kier alpha value is -1.18. The van der Waals surface area contributed by atoms with Gasteiger partial charge in [0, 0.05) is 6.04 Å². The molecule has 1 saturated carbocycles. The number of aromatic hydroxyl groups is 1. The molecule has 0 amide bonds. The minimum atomic E-state index is 0.411. The molecular formula is C14H19NO. The molecule has 0 radical (unpaired) electrons. The largest absolute Gasteiger partial charge is 0.506 e. The topological polar surface area (TPSA) is 32.3 Å². The smallest absolute Gasteiger partial charge is 0.138 e. The third kappa shape index (κ3) is 1.40. The number of phenols is 1. The van der Waals surface area contributed by atoms with Gasteiger partial charge in [-0.15, -0.1) is 0 Å². The van der Waals surface area contributed by atoms with E-state index in [9.17, 15) is 5.11 Å². The van der Waals surface area contributed by atoms with Crippen LogP contribution in [0.4, 0.5) is 5.69 Å². The van der Waals surface area contributed by atoms with Gasteiger partial charge in [0.1, 0.15) is 5.75 Å². The number of phenolic OH excluding ortho intramolecular Hbond substituents is 1. The van der Waals surface area contributed by atoms with E-state index in [1.54, 1.807) is 6.07 Å². The lowest BCUT2D eigenvalue weighted by atomic mass is 9.70. The van der Waals surface area contributed by atoms with Crippen molar-refractivity contribution in [3.63, 3.8) is 0 Å². The summed E-state index contributed by atoms with van der Waals surface area (Å²) < 4.78 is 0. The molecule has 2 heteroatoms. The highest BCUT2D eigenvalue weighted by molar-refractivity contribution is 5.65. The lowest BCUT2D eigenvalue weighted by molar-refractivity contribution is 0.271. The number of rotatable bonds is 0. The van der Waals surface area contributed by atoms with E-state index in [1.807, 2.05) is 6.07 Å². The summed E-state index contributed by atoms with van der Waals surface area (Å²) in [5.74, 6) is 1.82. The normalized spacial score (nSPS) is 32.4. The number of hydrogen-bond donors (Lipinski definition) is 2. The molecular weight excluding hydrogens is 198 g/mol. The van der Waals surface area contributed by atoms with E-state index in [1.165, 1.54) is 31.2 Å². The molecule has 0 bridgehead atoms. The summed E-state index contributed by atoms with van der Waals surface area (Å²) in [5.41, 5.74) is 2.32. The summed E-state index contributed by atoms with van der Waals surface area (Å²) in [6.07, 6.45) is 5.31. The molecule has 1 aromatic rings. The maximum Gasteiger partial charge on any atom is 0.138 e. The second-order valence-corrected chi connectivity index (χ2v) is 5.23. The van der Waals surface area contributed by atoms with E-state index >= 15 is 0 Å². The van der Waals surface area contributed by atoms with E-state index in [0.29, 0.717) is 17.7 Å². The van der Waals surface area contributed by atoms with Gasteiger partial charge in [0.05, 0.1) is 5.69 Å². The minimum absolute atomic E-state index is 0.411. The third-order valence-electron chi connectivity index (χ3n) is 4.31. The van der Waals surface area contributed by atoms with Gasteiger partial charge in [-0.2, -0.15) is 0 Å². The molecule has 0 saturated heterocycles. The van der Waals surface area contributed by atoms with Crippen molar-refractivity contribution in [2.24, 2.45) is 5.92 Å². The minimum Gasteiger partial charge on any atom is -0.506 e. The zero-order valence-corrected chi connectivity index (χ0v) is 9.74. The van der Waals surface area contributed by atoms with E-state index in [0.717, 1.165) is 11.6 Å². The number of anilines is 1. The molecule has 0 unspecified atom stereocenters. The molecule has 3 rings (SSSR count). The molecule has 3 atom stereocenters. The Morgan fingerprint density at radius 3 is 2.94 bits per heavy atom. The van der Waals surface area contributed by atoms with E-state index in [4.69, 9.17) is 0 Å². The number of hydrogen-bond acceptors (Lipinski definition) is 2. The van der Waals surface area contributed by atoms with Crippen molar-refractivity contribution in [1.82, 2.24) is 0 Å². The second kappa shape index (κ2) is 3.69. The monoisotopic (exact) mass is 217 g/mol. The van der Waals surface area contributed by atoms with Crippen molar-refractivity contribution in [2.75, 3.05) is 5.32 Å². The van der Waals surface area contributed by atoms with Crippen LogP contribution in [-0.2, 0) is 0 Å². The van der Waals surface area contributed by atoms with Gasteiger partial charge in [-0.3, -0.25) is 0 Å². The zero-order valence-electron chi connectivity index (χ0n) is 9.74. The van der Waals surface area contributed by atoms with Gasteiger partial charge >= 0.3 is 0 Å². The summed E-state index contributed by atoms with van der Waals surface area (Å²) in [4.78, 5) is 0. The second-order valence-electron chi connectivity index (χ2n) is 5.23. The number of nitrogens with one attached hydrogen (secondary N) is 1. The fourth-order valence-electron chi connectivity index (χ4n) is 3.50. The zero-order chi connectivity index (χ0) is 11.1. The quantitative estimate of drug-likeness (QED) is 0.652. The Bertz CT molecular complexity index is 402. The highest BCUT2D eigenvalue weighted by atomic mass is 16.3. The van der Waals surface area contributed by atoms with Gasteiger partial charge in [-0.05, 0) is 43.2 Å². The molecule has 86 valence electrons. The Balaban J connectivity index is 2.06. The fraction of sp³-hybridized carbons (Fsp3) is 0.571. The summed E-state index contributed by atoms with van der Waals surface area (Å²) >= 11 is 0. The van der Waals surface area contributed by atoms with Gasteiger partial charge in [0.15, 0.2) is 0 Å². The van der Waals surface area contributed by atoms with Crippen LogP contribution < -0.4 is 5.32 Å². The van der Waals surface area contributed by atoms with Crippen LogP contribution in [-0.4, -0.2) is 11.1 Å². The molecule has 1 heterocycles. The maximum atomic E-state index is 9.90. The van der Waals surface area contributed by atoms with Crippen molar-refractivity contribution in [2.45, 2.75) is 44.6 Å². The number of para-hydroxylation sites is 1. The van der Waals surface area contributed by atoms with Gasteiger partial charge in [0.25, 0.3) is 0 Å². The van der Waals surface area contributed by atoms with Crippen LogP contribution in [0.2, 0.25) is 0 Å². The third-order valence-corrected chi connectivity index (χ3v) is 4.31. The van der Waals surface area contributed by atoms with Crippen LogP contribution in [0.5, 0.6) is 5.75 Å². The average Bonchev–Trinajstić information content (AvgIpc) is 2.31. The van der Waals surface area contributed by atoms with Crippen molar-refractivity contribution in [1.29, 1.82) is 0 Å². The van der Waals surface area contributed by atoms with Crippen LogP contribution in [0.1, 0.15) is 44.1 Å². The van der Waals surface area contributed by atoms with Crippen molar-refractivity contribution >= 4 is 5.69 Å². The molecule has 2 aliphatic rings. The van der Waals surface area contributed by atoms with E-state index < -0.39 is 0 Å². The first-order chi connectivity index (χ1) is 7.77. The van der Waals surface area contributed by atoms with Crippen LogP contribution in [0, 0.1) is 5.92 Å². The fourth-order valence-corrected chi connectivity index (χ4v) is 3.50. The molecule has 1 aromatic carbocycles. The first kappa shape index (κ1) is 10.0. The molecule has 1 aliphatic heterocycles. The van der Waals surface area contributed by atoms with Gasteiger partial charge in [0.2, 0.25) is 0 Å². The first-order valence-corrected chi connectivity index (χ1v) is 6.36. The average molecular weight is 217 g/mol. The maximum absolute atomic E-state index is 9.90. The van der Waals surface area contributed by atoms with Crippen LogP contribution in [0.15, 0.2) is 18.2 Å². The van der Waals surface area contributed by atoms with Gasteiger partial charge < -0.3 is 10.4 Å². The van der Waals surface area contributed by atoms with E-state index in [-0.39, 0.29) is 0 Å². The summed E-state index contributed by atoms with van der Waals surface area (Å²) in [5, 5.41) is 13.4. The summed E-state index contributed by atoms with van der Waals surface area (Å²) in [7, 11) is 0. The molecule has 2 N–H and O–H groups in total. The van der Waals surface area contributed by atoms with E-state index in [2.05, 4.69) is 18.3 Å². The predicted molar refractivity (Wildman–Crippen MR) is 65.9 cm³/mol.